The van der Waals surface area contributed by atoms with Gasteiger partial charge in [0.15, 0.2) is 0 Å². The molecule has 6 rings (SSSR count). The van der Waals surface area contributed by atoms with Gasteiger partial charge in [0.2, 0.25) is 0 Å². The van der Waals surface area contributed by atoms with Crippen molar-refractivity contribution in [1.82, 2.24) is 5.32 Å². The number of carbonyl (C=O) groups excluding carboxylic acids is 1. The number of rotatable bonds is 4. The average Bonchev–Trinajstić information content (AvgIpc) is 3.01. The molecule has 9 atom stereocenters. The Balaban J connectivity index is 1.26. The molecule has 3 heteroatoms. The fraction of sp³-hybridized carbons (Fsp3) is 0.632. The maximum Gasteiger partial charge on any atom is 0.140 e. The Kier molecular flexibility index (Phi) is 2.03. The summed E-state index contributed by atoms with van der Waals surface area (Å²) >= 11 is 0. The molecule has 2 N–H and O–H groups in total. The van der Waals surface area contributed by atoms with Gasteiger partial charge in [-0.25, -0.2) is 0 Å². The molecule has 5 saturated carbocycles. The van der Waals surface area contributed by atoms with Crippen molar-refractivity contribution in [2.24, 2.45) is 47.3 Å². The number of fused-ring (bicyclic) bond motifs is 2. The van der Waals surface area contributed by atoms with Gasteiger partial charge in [0.05, 0.1) is 0 Å². The highest BCUT2D eigenvalue weighted by molar-refractivity contribution is 5.91. The van der Waals surface area contributed by atoms with Gasteiger partial charge in [-0.1, -0.05) is 30.3 Å². The van der Waals surface area contributed by atoms with Crippen molar-refractivity contribution in [3.8, 4) is 0 Å². The highest BCUT2D eigenvalue weighted by atomic mass is 16.3. The van der Waals surface area contributed by atoms with Crippen molar-refractivity contribution >= 4 is 5.78 Å². The van der Waals surface area contributed by atoms with Crippen LogP contribution in [0.5, 0.6) is 0 Å². The number of ketones is 1. The summed E-state index contributed by atoms with van der Waals surface area (Å²) in [7, 11) is 0. The topological polar surface area (TPSA) is 49.3 Å². The fourth-order valence-electron chi connectivity index (χ4n) is 7.50. The fourth-order valence-corrected chi connectivity index (χ4v) is 7.50. The highest BCUT2D eigenvalue weighted by Gasteiger charge is 2.87. The van der Waals surface area contributed by atoms with Crippen molar-refractivity contribution in [2.75, 3.05) is 6.54 Å². The largest absolute Gasteiger partial charge is 0.375 e. The molecule has 0 radical (unpaired) electrons. The standard InChI is InChI=1S/C19H21NO2/c21-18-14-10-8-11-13-12(10)15(18)17(13)19(22,16(11)14)20-7-6-9-4-2-1-3-5-9/h1-5,10-17,20,22H,6-8H2/t10-,11+,12-,13+,14+,15-,16-,17-,19-/m1/s1. The number of benzene rings is 1. The molecule has 0 aliphatic heterocycles. The predicted molar refractivity (Wildman–Crippen MR) is 80.6 cm³/mol. The van der Waals surface area contributed by atoms with Crippen LogP contribution in [-0.4, -0.2) is 23.2 Å². The Morgan fingerprint density at radius 3 is 2.73 bits per heavy atom. The Hall–Kier alpha value is -1.19. The zero-order chi connectivity index (χ0) is 14.6. The highest BCUT2D eigenvalue weighted by Crippen LogP contribution is 2.83. The van der Waals surface area contributed by atoms with Gasteiger partial charge in [0, 0.05) is 30.2 Å². The Labute approximate surface area is 130 Å². The summed E-state index contributed by atoms with van der Waals surface area (Å²) in [5, 5.41) is 14.9. The van der Waals surface area contributed by atoms with Crippen LogP contribution in [0.3, 0.4) is 0 Å². The molecule has 5 fully saturated rings. The van der Waals surface area contributed by atoms with Crippen molar-refractivity contribution in [3.05, 3.63) is 35.9 Å². The monoisotopic (exact) mass is 295 g/mol. The van der Waals surface area contributed by atoms with Crippen LogP contribution in [0.1, 0.15) is 12.0 Å². The van der Waals surface area contributed by atoms with Gasteiger partial charge < -0.3 is 5.11 Å². The molecule has 0 unspecified atom stereocenters. The van der Waals surface area contributed by atoms with Gasteiger partial charge in [-0.05, 0) is 42.1 Å². The van der Waals surface area contributed by atoms with E-state index < -0.39 is 5.72 Å². The van der Waals surface area contributed by atoms with E-state index in [4.69, 9.17) is 0 Å². The van der Waals surface area contributed by atoms with Crippen LogP contribution in [0.4, 0.5) is 0 Å². The van der Waals surface area contributed by atoms with Crippen LogP contribution in [0.25, 0.3) is 0 Å². The first-order valence-corrected chi connectivity index (χ1v) is 8.77. The lowest BCUT2D eigenvalue weighted by Crippen LogP contribution is -2.64. The second-order valence-corrected chi connectivity index (χ2v) is 8.21. The molecular formula is C19H21NO2. The van der Waals surface area contributed by atoms with E-state index in [1.807, 2.05) is 6.07 Å². The van der Waals surface area contributed by atoms with Crippen LogP contribution in [0.15, 0.2) is 30.3 Å². The van der Waals surface area contributed by atoms with E-state index >= 15 is 0 Å². The molecule has 0 spiro atoms. The number of hydrogen-bond acceptors (Lipinski definition) is 3. The van der Waals surface area contributed by atoms with E-state index in [1.54, 1.807) is 0 Å². The van der Waals surface area contributed by atoms with Crippen LogP contribution in [0.2, 0.25) is 0 Å². The minimum Gasteiger partial charge on any atom is -0.375 e. The zero-order valence-electron chi connectivity index (χ0n) is 12.5. The minimum atomic E-state index is -0.755. The second kappa shape index (κ2) is 3.65. The molecule has 5 aliphatic rings. The van der Waals surface area contributed by atoms with Gasteiger partial charge in [0.1, 0.15) is 11.5 Å². The first kappa shape index (κ1) is 12.3. The van der Waals surface area contributed by atoms with Crippen LogP contribution in [0, 0.1) is 47.3 Å². The SMILES string of the molecule is O=C1[C@@H]2[C@@H]3[C@H]4C[C@H]5[C@@H]3[C@H]2[C@@](O)(NCCc2ccccc2)[C@H]5[C@@H]14. The second-order valence-electron chi connectivity index (χ2n) is 8.21. The number of nitrogens with one attached hydrogen (secondary N) is 1. The van der Waals surface area contributed by atoms with Crippen molar-refractivity contribution < 1.29 is 9.90 Å². The molecule has 0 saturated heterocycles. The molecule has 5 aliphatic carbocycles. The summed E-state index contributed by atoms with van der Waals surface area (Å²) in [5.74, 6) is 3.87. The minimum absolute atomic E-state index is 0.184. The third-order valence-corrected chi connectivity index (χ3v) is 7.84. The predicted octanol–water partition coefficient (Wildman–Crippen LogP) is 1.46. The normalized spacial score (nSPS) is 55.2. The molecule has 3 nitrogen and oxygen atoms in total. The molecule has 22 heavy (non-hydrogen) atoms. The van der Waals surface area contributed by atoms with Crippen LogP contribution < -0.4 is 5.32 Å². The summed E-state index contributed by atoms with van der Waals surface area (Å²) < 4.78 is 0. The molecule has 0 heterocycles. The number of Topliss-reactive ketones (excluding diaryl/α,β-unsaturated/α-hetero) is 1. The summed E-state index contributed by atoms with van der Waals surface area (Å²) in [5.41, 5.74) is 0.548. The van der Waals surface area contributed by atoms with E-state index in [9.17, 15) is 9.90 Å². The third kappa shape index (κ3) is 1.10. The molecule has 1 aromatic rings. The zero-order valence-corrected chi connectivity index (χ0v) is 12.5. The van der Waals surface area contributed by atoms with Gasteiger partial charge in [0.25, 0.3) is 0 Å². The van der Waals surface area contributed by atoms with Gasteiger partial charge >= 0.3 is 0 Å². The molecular weight excluding hydrogens is 274 g/mol. The summed E-state index contributed by atoms with van der Waals surface area (Å²) in [6.45, 7) is 0.802. The van der Waals surface area contributed by atoms with Crippen molar-refractivity contribution in [1.29, 1.82) is 0 Å². The van der Waals surface area contributed by atoms with Crippen LogP contribution >= 0.6 is 0 Å². The van der Waals surface area contributed by atoms with E-state index in [2.05, 4.69) is 29.6 Å². The third-order valence-electron chi connectivity index (χ3n) is 7.84. The van der Waals surface area contributed by atoms with Crippen molar-refractivity contribution in [3.63, 3.8) is 0 Å². The quantitative estimate of drug-likeness (QED) is 0.827. The van der Waals surface area contributed by atoms with E-state index in [0.29, 0.717) is 29.5 Å². The summed E-state index contributed by atoms with van der Waals surface area (Å²) in [4.78, 5) is 12.5. The lowest BCUT2D eigenvalue weighted by atomic mass is 9.57. The molecule has 2 bridgehead atoms. The van der Waals surface area contributed by atoms with Crippen molar-refractivity contribution in [2.45, 2.75) is 18.6 Å². The van der Waals surface area contributed by atoms with E-state index in [-0.39, 0.29) is 23.7 Å². The number of carbonyl (C=O) groups is 1. The first-order chi connectivity index (χ1) is 10.7. The lowest BCUT2D eigenvalue weighted by Gasteiger charge is -2.50. The average molecular weight is 295 g/mol. The first-order valence-electron chi connectivity index (χ1n) is 8.77. The molecule has 1 aromatic carbocycles. The van der Waals surface area contributed by atoms with Gasteiger partial charge in [-0.2, -0.15) is 0 Å². The summed E-state index contributed by atoms with van der Waals surface area (Å²) in [6.07, 6.45) is 2.15. The summed E-state index contributed by atoms with van der Waals surface area (Å²) in [6, 6.07) is 10.4. The molecule has 0 aromatic heterocycles. The van der Waals surface area contributed by atoms with Gasteiger partial charge in [-0.3, -0.25) is 10.1 Å². The Morgan fingerprint density at radius 1 is 1.09 bits per heavy atom. The smallest absolute Gasteiger partial charge is 0.140 e. The van der Waals surface area contributed by atoms with E-state index in [1.165, 1.54) is 12.0 Å². The number of hydrogen-bond donors (Lipinski definition) is 2. The number of aliphatic hydroxyl groups is 1. The maximum absolute atomic E-state index is 12.5. The molecule has 114 valence electrons. The van der Waals surface area contributed by atoms with E-state index in [0.717, 1.165) is 13.0 Å². The van der Waals surface area contributed by atoms with Crippen LogP contribution in [-0.2, 0) is 11.2 Å². The molecule has 0 amide bonds. The maximum atomic E-state index is 12.5. The Morgan fingerprint density at radius 2 is 1.91 bits per heavy atom. The van der Waals surface area contributed by atoms with Gasteiger partial charge in [-0.15, -0.1) is 0 Å². The lowest BCUT2D eigenvalue weighted by molar-refractivity contribution is -0.168. The Bertz CT molecular complexity index is 673.